The van der Waals surface area contributed by atoms with Crippen LogP contribution in [0.4, 0.5) is 11.5 Å². The molecule has 0 aliphatic carbocycles. The Kier molecular flexibility index (Phi) is 8.41. The zero-order chi connectivity index (χ0) is 19.9. The molecule has 7 nitrogen and oxygen atoms in total. The molecular formula is C22H30IN5O2. The van der Waals surface area contributed by atoms with Gasteiger partial charge in [0.05, 0.1) is 19.8 Å². The molecule has 1 fully saturated rings. The number of anilines is 2. The number of ether oxygens (including phenoxy) is 2. The average molecular weight is 523 g/mol. The molecule has 0 amide bonds. The lowest BCUT2D eigenvalue weighted by atomic mass is 10.2. The Morgan fingerprint density at radius 3 is 2.67 bits per heavy atom. The largest absolute Gasteiger partial charge is 0.490 e. The van der Waals surface area contributed by atoms with E-state index in [9.17, 15) is 0 Å². The molecule has 0 saturated carbocycles. The third-order valence-electron chi connectivity index (χ3n) is 5.01. The Labute approximate surface area is 195 Å². The van der Waals surface area contributed by atoms with Crippen LogP contribution in [0, 0.1) is 0 Å². The van der Waals surface area contributed by atoms with E-state index in [0.717, 1.165) is 60.6 Å². The zero-order valence-electron chi connectivity index (χ0n) is 17.4. The zero-order valence-corrected chi connectivity index (χ0v) is 19.7. The van der Waals surface area contributed by atoms with E-state index in [-0.39, 0.29) is 24.0 Å². The molecule has 1 aromatic heterocycles. The van der Waals surface area contributed by atoms with E-state index in [0.29, 0.717) is 19.8 Å². The number of halogens is 1. The van der Waals surface area contributed by atoms with Gasteiger partial charge < -0.3 is 25.0 Å². The van der Waals surface area contributed by atoms with E-state index >= 15 is 0 Å². The first-order valence-electron chi connectivity index (χ1n) is 10.5. The van der Waals surface area contributed by atoms with Crippen molar-refractivity contribution in [2.24, 2.45) is 4.99 Å². The third-order valence-corrected chi connectivity index (χ3v) is 5.01. The van der Waals surface area contributed by atoms with Crippen molar-refractivity contribution >= 4 is 41.4 Å². The summed E-state index contributed by atoms with van der Waals surface area (Å²) in [5, 5.41) is 6.67. The molecule has 8 heteroatoms. The molecule has 4 rings (SSSR count). The first-order chi connectivity index (χ1) is 14.3. The van der Waals surface area contributed by atoms with Crippen LogP contribution in [0.15, 0.2) is 41.5 Å². The quantitative estimate of drug-likeness (QED) is 0.351. The number of aromatic nitrogens is 1. The van der Waals surface area contributed by atoms with Crippen molar-refractivity contribution in [3.63, 3.8) is 0 Å². The molecule has 2 aromatic rings. The second-order valence-corrected chi connectivity index (χ2v) is 7.25. The summed E-state index contributed by atoms with van der Waals surface area (Å²) in [5.74, 6) is 3.35. The standard InChI is InChI=1S/C22H29N5O2.HI/c1-2-23-22(26-18-6-7-19-20(15-18)29-13-5-12-28-19)25-16-17-8-9-24-21(14-17)27-10-3-4-11-27;/h6-9,14-15H,2-5,10-13,16H2,1H3,(H2,23,25,26);1H. The number of pyridine rings is 1. The van der Waals surface area contributed by atoms with E-state index < -0.39 is 0 Å². The minimum absolute atomic E-state index is 0. The van der Waals surface area contributed by atoms with Gasteiger partial charge in [-0.05, 0) is 49.6 Å². The van der Waals surface area contributed by atoms with Gasteiger partial charge in [0.15, 0.2) is 17.5 Å². The molecule has 2 aliphatic heterocycles. The molecule has 0 spiro atoms. The van der Waals surface area contributed by atoms with Crippen molar-refractivity contribution < 1.29 is 9.47 Å². The van der Waals surface area contributed by atoms with E-state index in [2.05, 4.69) is 33.5 Å². The first kappa shape index (κ1) is 22.5. The normalized spacial score (nSPS) is 15.9. The van der Waals surface area contributed by atoms with Gasteiger partial charge in [0, 0.05) is 44.0 Å². The van der Waals surface area contributed by atoms with Crippen molar-refractivity contribution in [2.75, 3.05) is 43.1 Å². The van der Waals surface area contributed by atoms with Gasteiger partial charge in [-0.1, -0.05) is 0 Å². The van der Waals surface area contributed by atoms with Crippen LogP contribution >= 0.6 is 24.0 Å². The van der Waals surface area contributed by atoms with Crippen molar-refractivity contribution in [3.05, 3.63) is 42.1 Å². The summed E-state index contributed by atoms with van der Waals surface area (Å²) in [6.45, 7) is 6.97. The van der Waals surface area contributed by atoms with Gasteiger partial charge in [0.2, 0.25) is 0 Å². The smallest absolute Gasteiger partial charge is 0.196 e. The third kappa shape index (κ3) is 5.90. The summed E-state index contributed by atoms with van der Waals surface area (Å²) >= 11 is 0. The molecule has 0 unspecified atom stereocenters. The fraction of sp³-hybridized carbons (Fsp3) is 0.455. The summed E-state index contributed by atoms with van der Waals surface area (Å²) in [5.41, 5.74) is 2.07. The Morgan fingerprint density at radius 2 is 1.87 bits per heavy atom. The molecule has 1 saturated heterocycles. The minimum Gasteiger partial charge on any atom is -0.490 e. The molecular weight excluding hydrogens is 493 g/mol. The van der Waals surface area contributed by atoms with Gasteiger partial charge >= 0.3 is 0 Å². The average Bonchev–Trinajstić information content (AvgIpc) is 3.19. The van der Waals surface area contributed by atoms with Gasteiger partial charge in [0.1, 0.15) is 5.82 Å². The van der Waals surface area contributed by atoms with Crippen LogP contribution in [-0.4, -0.2) is 43.8 Å². The lowest BCUT2D eigenvalue weighted by Gasteiger charge is -2.17. The van der Waals surface area contributed by atoms with Crippen LogP contribution in [-0.2, 0) is 6.54 Å². The summed E-state index contributed by atoms with van der Waals surface area (Å²) in [6.07, 6.45) is 5.26. The maximum Gasteiger partial charge on any atom is 0.196 e. The van der Waals surface area contributed by atoms with E-state index in [1.165, 1.54) is 12.8 Å². The molecule has 1 aromatic carbocycles. The Hall–Kier alpha value is -2.23. The monoisotopic (exact) mass is 523 g/mol. The maximum absolute atomic E-state index is 5.78. The number of nitrogens with zero attached hydrogens (tertiary/aromatic N) is 3. The van der Waals surface area contributed by atoms with Crippen molar-refractivity contribution in [2.45, 2.75) is 32.7 Å². The minimum atomic E-state index is 0. The summed E-state index contributed by atoms with van der Waals surface area (Å²) in [7, 11) is 0. The van der Waals surface area contributed by atoms with Crippen LogP contribution in [0.25, 0.3) is 0 Å². The SMILES string of the molecule is CCNC(=NCc1ccnc(N2CCCC2)c1)Nc1ccc2c(c1)OCCCO2.I. The second-order valence-electron chi connectivity index (χ2n) is 7.25. The Bertz CT molecular complexity index is 855. The molecule has 3 heterocycles. The number of nitrogens with one attached hydrogen (secondary N) is 2. The predicted molar refractivity (Wildman–Crippen MR) is 132 cm³/mol. The predicted octanol–water partition coefficient (Wildman–Crippen LogP) is 4.04. The second kappa shape index (κ2) is 11.2. The Morgan fingerprint density at radius 1 is 1.07 bits per heavy atom. The molecule has 2 N–H and O–H groups in total. The van der Waals surface area contributed by atoms with Crippen LogP contribution in [0.2, 0.25) is 0 Å². The highest BCUT2D eigenvalue weighted by atomic mass is 127. The van der Waals surface area contributed by atoms with Gasteiger partial charge in [-0.15, -0.1) is 24.0 Å². The Balaban J connectivity index is 0.00000256. The topological polar surface area (TPSA) is 71.0 Å². The van der Waals surface area contributed by atoms with Gasteiger partial charge in [0.25, 0.3) is 0 Å². The van der Waals surface area contributed by atoms with Crippen molar-refractivity contribution in [1.82, 2.24) is 10.3 Å². The fourth-order valence-electron chi connectivity index (χ4n) is 3.53. The van der Waals surface area contributed by atoms with Crippen LogP contribution < -0.4 is 25.0 Å². The van der Waals surface area contributed by atoms with E-state index in [1.54, 1.807) is 0 Å². The lowest BCUT2D eigenvalue weighted by molar-refractivity contribution is 0.297. The van der Waals surface area contributed by atoms with Gasteiger partial charge in [-0.25, -0.2) is 9.98 Å². The highest BCUT2D eigenvalue weighted by molar-refractivity contribution is 14.0. The van der Waals surface area contributed by atoms with Crippen LogP contribution in [0.5, 0.6) is 11.5 Å². The van der Waals surface area contributed by atoms with E-state index in [4.69, 9.17) is 14.5 Å². The van der Waals surface area contributed by atoms with Crippen molar-refractivity contribution in [3.8, 4) is 11.5 Å². The highest BCUT2D eigenvalue weighted by Gasteiger charge is 2.14. The number of rotatable bonds is 5. The maximum atomic E-state index is 5.78. The van der Waals surface area contributed by atoms with Gasteiger partial charge in [-0.3, -0.25) is 0 Å². The number of fused-ring (bicyclic) bond motifs is 1. The van der Waals surface area contributed by atoms with Crippen LogP contribution in [0.1, 0.15) is 31.7 Å². The molecule has 2 aliphatic rings. The molecule has 0 bridgehead atoms. The number of aliphatic imine (C=N–C) groups is 1. The molecule has 162 valence electrons. The summed E-state index contributed by atoms with van der Waals surface area (Å²) in [6, 6.07) is 10.1. The fourth-order valence-corrected chi connectivity index (χ4v) is 3.53. The number of guanidine groups is 1. The highest BCUT2D eigenvalue weighted by Crippen LogP contribution is 2.32. The first-order valence-corrected chi connectivity index (χ1v) is 10.5. The molecule has 0 radical (unpaired) electrons. The molecule has 30 heavy (non-hydrogen) atoms. The van der Waals surface area contributed by atoms with Crippen LogP contribution in [0.3, 0.4) is 0 Å². The lowest BCUT2D eigenvalue weighted by Crippen LogP contribution is -2.30. The van der Waals surface area contributed by atoms with Crippen molar-refractivity contribution in [1.29, 1.82) is 0 Å². The number of hydrogen-bond donors (Lipinski definition) is 2. The number of benzene rings is 1. The number of hydrogen-bond acceptors (Lipinski definition) is 5. The summed E-state index contributed by atoms with van der Waals surface area (Å²) < 4.78 is 11.5. The summed E-state index contributed by atoms with van der Waals surface area (Å²) in [4.78, 5) is 11.6. The van der Waals surface area contributed by atoms with E-state index in [1.807, 2.05) is 30.5 Å². The van der Waals surface area contributed by atoms with Gasteiger partial charge in [-0.2, -0.15) is 0 Å². The molecule has 0 atom stereocenters.